The zero-order valence-corrected chi connectivity index (χ0v) is 13.2. The zero-order valence-electron chi connectivity index (χ0n) is 13.2. The number of hydrogen-bond acceptors (Lipinski definition) is 3. The van der Waals surface area contributed by atoms with Crippen molar-refractivity contribution in [2.45, 2.75) is 65.0 Å². The van der Waals surface area contributed by atoms with Crippen molar-refractivity contribution < 1.29 is 9.53 Å². The van der Waals surface area contributed by atoms with Gasteiger partial charge in [-0.3, -0.25) is 0 Å². The van der Waals surface area contributed by atoms with Crippen LogP contribution in [0.5, 0.6) is 0 Å². The highest BCUT2D eigenvalue weighted by Gasteiger charge is 2.21. The predicted octanol–water partition coefficient (Wildman–Crippen LogP) is 3.02. The summed E-state index contributed by atoms with van der Waals surface area (Å²) in [6.45, 7) is 9.50. The standard InChI is InChI=1S/C15H30N2O2/c1-12-6-8-13(9-7-12)17(5)11-10-16-14(18)19-15(2,3)4/h12-13H,6-11H2,1-5H3,(H,16,18). The molecular formula is C15H30N2O2. The third-order valence-electron chi connectivity index (χ3n) is 3.74. The van der Waals surface area contributed by atoms with Crippen LogP contribution in [0, 0.1) is 5.92 Å². The second kappa shape index (κ2) is 7.13. The second-order valence-electron chi connectivity index (χ2n) is 6.82. The van der Waals surface area contributed by atoms with Crippen molar-refractivity contribution in [3.05, 3.63) is 0 Å². The minimum Gasteiger partial charge on any atom is -0.444 e. The third-order valence-corrected chi connectivity index (χ3v) is 3.74. The Labute approximate surface area is 117 Å². The van der Waals surface area contributed by atoms with Gasteiger partial charge in [0.2, 0.25) is 0 Å². The summed E-state index contributed by atoms with van der Waals surface area (Å²) in [7, 11) is 2.15. The van der Waals surface area contributed by atoms with E-state index in [2.05, 4.69) is 24.2 Å². The molecule has 0 bridgehead atoms. The van der Waals surface area contributed by atoms with E-state index < -0.39 is 5.60 Å². The molecule has 0 atom stereocenters. The molecule has 1 N–H and O–H groups in total. The molecule has 0 radical (unpaired) electrons. The highest BCUT2D eigenvalue weighted by molar-refractivity contribution is 5.67. The fraction of sp³-hybridized carbons (Fsp3) is 0.933. The van der Waals surface area contributed by atoms with Gasteiger partial charge in [-0.1, -0.05) is 6.92 Å². The van der Waals surface area contributed by atoms with Gasteiger partial charge >= 0.3 is 6.09 Å². The number of likely N-dealkylation sites (N-methyl/N-ethyl adjacent to an activating group) is 1. The Morgan fingerprint density at radius 3 is 2.37 bits per heavy atom. The second-order valence-corrected chi connectivity index (χ2v) is 6.82. The van der Waals surface area contributed by atoms with Gasteiger partial charge in [0, 0.05) is 19.1 Å². The van der Waals surface area contributed by atoms with E-state index in [1.165, 1.54) is 25.7 Å². The molecular weight excluding hydrogens is 240 g/mol. The first-order chi connectivity index (χ1) is 8.78. The Kier molecular flexibility index (Phi) is 6.11. The number of rotatable bonds is 4. The van der Waals surface area contributed by atoms with Gasteiger partial charge in [-0.25, -0.2) is 4.79 Å². The van der Waals surface area contributed by atoms with Crippen molar-refractivity contribution in [1.29, 1.82) is 0 Å². The van der Waals surface area contributed by atoms with Gasteiger partial charge in [0.15, 0.2) is 0 Å². The molecule has 0 unspecified atom stereocenters. The summed E-state index contributed by atoms with van der Waals surface area (Å²) < 4.78 is 5.21. The van der Waals surface area contributed by atoms with Gasteiger partial charge in [0.25, 0.3) is 0 Å². The van der Waals surface area contributed by atoms with Gasteiger partial charge in [-0.2, -0.15) is 0 Å². The highest BCUT2D eigenvalue weighted by Crippen LogP contribution is 2.26. The van der Waals surface area contributed by atoms with Crippen molar-refractivity contribution in [2.75, 3.05) is 20.1 Å². The molecule has 0 aliphatic heterocycles. The minimum atomic E-state index is -0.421. The van der Waals surface area contributed by atoms with Gasteiger partial charge in [-0.15, -0.1) is 0 Å². The van der Waals surface area contributed by atoms with Gasteiger partial charge in [0.1, 0.15) is 5.60 Å². The molecule has 112 valence electrons. The van der Waals surface area contributed by atoms with E-state index in [4.69, 9.17) is 4.74 Å². The topological polar surface area (TPSA) is 41.6 Å². The number of carbonyl (C=O) groups excluding carboxylic acids is 1. The molecule has 1 fully saturated rings. The van der Waals surface area contributed by atoms with Gasteiger partial charge < -0.3 is 15.0 Å². The van der Waals surface area contributed by atoms with Gasteiger partial charge in [0.05, 0.1) is 0 Å². The summed E-state index contributed by atoms with van der Waals surface area (Å²) in [5.74, 6) is 0.879. The molecule has 4 nitrogen and oxygen atoms in total. The molecule has 0 aromatic carbocycles. The lowest BCUT2D eigenvalue weighted by Gasteiger charge is -2.33. The van der Waals surface area contributed by atoms with Crippen LogP contribution in [0.25, 0.3) is 0 Å². The monoisotopic (exact) mass is 270 g/mol. The van der Waals surface area contributed by atoms with Crippen LogP contribution < -0.4 is 5.32 Å². The minimum absolute atomic E-state index is 0.321. The lowest BCUT2D eigenvalue weighted by molar-refractivity contribution is 0.0518. The Bertz CT molecular complexity index is 278. The Hall–Kier alpha value is -0.770. The van der Waals surface area contributed by atoms with Crippen molar-refractivity contribution in [1.82, 2.24) is 10.2 Å². The van der Waals surface area contributed by atoms with Crippen LogP contribution in [0.2, 0.25) is 0 Å². The average Bonchev–Trinajstić information content (AvgIpc) is 2.27. The molecule has 1 amide bonds. The van der Waals surface area contributed by atoms with Crippen LogP contribution in [-0.4, -0.2) is 42.8 Å². The molecule has 1 rings (SSSR count). The fourth-order valence-electron chi connectivity index (χ4n) is 2.51. The first kappa shape index (κ1) is 16.3. The first-order valence-electron chi connectivity index (χ1n) is 7.45. The number of ether oxygens (including phenoxy) is 1. The Balaban J connectivity index is 2.16. The van der Waals surface area contributed by atoms with Crippen LogP contribution in [0.15, 0.2) is 0 Å². The van der Waals surface area contributed by atoms with E-state index in [0.29, 0.717) is 12.6 Å². The molecule has 19 heavy (non-hydrogen) atoms. The summed E-state index contributed by atoms with van der Waals surface area (Å²) >= 11 is 0. The molecule has 0 aromatic heterocycles. The summed E-state index contributed by atoms with van der Waals surface area (Å²) in [6.07, 6.45) is 4.90. The number of amides is 1. The maximum Gasteiger partial charge on any atom is 0.407 e. The smallest absolute Gasteiger partial charge is 0.407 e. The normalized spacial score (nSPS) is 24.3. The Morgan fingerprint density at radius 1 is 1.26 bits per heavy atom. The molecule has 0 heterocycles. The van der Waals surface area contributed by atoms with Gasteiger partial charge in [-0.05, 0) is 59.4 Å². The maximum absolute atomic E-state index is 11.5. The van der Waals surface area contributed by atoms with Crippen LogP contribution in [0.1, 0.15) is 53.4 Å². The van der Waals surface area contributed by atoms with Crippen LogP contribution >= 0.6 is 0 Å². The highest BCUT2D eigenvalue weighted by atomic mass is 16.6. The molecule has 0 spiro atoms. The summed E-state index contributed by atoms with van der Waals surface area (Å²) in [5, 5.41) is 2.82. The molecule has 0 aromatic rings. The van der Waals surface area contributed by atoms with E-state index in [1.807, 2.05) is 20.8 Å². The van der Waals surface area contributed by atoms with Crippen LogP contribution in [0.3, 0.4) is 0 Å². The quantitative estimate of drug-likeness (QED) is 0.854. The van der Waals surface area contributed by atoms with E-state index in [1.54, 1.807) is 0 Å². The lowest BCUT2D eigenvalue weighted by Crippen LogP contribution is -2.41. The summed E-state index contributed by atoms with van der Waals surface area (Å²) in [4.78, 5) is 13.9. The van der Waals surface area contributed by atoms with Crippen LogP contribution in [0.4, 0.5) is 4.79 Å². The lowest BCUT2D eigenvalue weighted by atomic mass is 9.87. The van der Waals surface area contributed by atoms with Crippen molar-refractivity contribution in [3.8, 4) is 0 Å². The molecule has 1 aliphatic rings. The average molecular weight is 270 g/mol. The van der Waals surface area contributed by atoms with Crippen molar-refractivity contribution in [3.63, 3.8) is 0 Å². The SMILES string of the molecule is CC1CCC(N(C)CCNC(=O)OC(C)(C)C)CC1. The zero-order chi connectivity index (χ0) is 14.5. The number of alkyl carbamates (subject to hydrolysis) is 1. The molecule has 4 heteroatoms. The summed E-state index contributed by atoms with van der Waals surface area (Å²) in [6, 6.07) is 0.677. The third kappa shape index (κ3) is 6.81. The summed E-state index contributed by atoms with van der Waals surface area (Å²) in [5.41, 5.74) is -0.421. The van der Waals surface area contributed by atoms with E-state index in [9.17, 15) is 4.79 Å². The molecule has 1 saturated carbocycles. The first-order valence-corrected chi connectivity index (χ1v) is 7.45. The van der Waals surface area contributed by atoms with Crippen molar-refractivity contribution >= 4 is 6.09 Å². The van der Waals surface area contributed by atoms with E-state index >= 15 is 0 Å². The predicted molar refractivity (Wildman–Crippen MR) is 78.3 cm³/mol. The van der Waals surface area contributed by atoms with E-state index in [0.717, 1.165) is 12.5 Å². The molecule has 0 saturated heterocycles. The van der Waals surface area contributed by atoms with E-state index in [-0.39, 0.29) is 6.09 Å². The maximum atomic E-state index is 11.5. The Morgan fingerprint density at radius 2 is 1.84 bits per heavy atom. The van der Waals surface area contributed by atoms with Crippen LogP contribution in [-0.2, 0) is 4.74 Å². The molecule has 1 aliphatic carbocycles. The van der Waals surface area contributed by atoms with Crippen molar-refractivity contribution in [2.24, 2.45) is 5.92 Å². The number of hydrogen-bond donors (Lipinski definition) is 1. The number of nitrogens with zero attached hydrogens (tertiary/aromatic N) is 1. The largest absolute Gasteiger partial charge is 0.444 e. The fourth-order valence-corrected chi connectivity index (χ4v) is 2.51. The number of carbonyl (C=O) groups is 1. The number of nitrogens with one attached hydrogen (secondary N) is 1.